The summed E-state index contributed by atoms with van der Waals surface area (Å²) in [5.74, 6) is 0.672. The first-order valence-corrected chi connectivity index (χ1v) is 6.67. The molecule has 0 radical (unpaired) electrons. The topological polar surface area (TPSA) is 15.3 Å². The summed E-state index contributed by atoms with van der Waals surface area (Å²) in [6.45, 7) is 9.11. The fourth-order valence-corrected chi connectivity index (χ4v) is 2.66. The highest BCUT2D eigenvalue weighted by molar-refractivity contribution is 5.62. The average Bonchev–Trinajstić information content (AvgIpc) is 2.64. The first-order valence-electron chi connectivity index (χ1n) is 6.67. The van der Waals surface area contributed by atoms with Crippen molar-refractivity contribution in [3.05, 3.63) is 29.3 Å². The normalized spacial score (nSPS) is 18.9. The second-order valence-electron chi connectivity index (χ2n) is 5.39. The molecule has 1 aliphatic rings. The highest BCUT2D eigenvalue weighted by atomic mass is 15.2. The minimum Gasteiger partial charge on any atom is -0.368 e. The molecule has 1 aromatic rings. The van der Waals surface area contributed by atoms with Crippen LogP contribution in [0.25, 0.3) is 0 Å². The van der Waals surface area contributed by atoms with E-state index >= 15 is 0 Å². The lowest BCUT2D eigenvalue weighted by atomic mass is 10.0. The average molecular weight is 232 g/mol. The van der Waals surface area contributed by atoms with Gasteiger partial charge in [-0.1, -0.05) is 19.1 Å². The molecule has 94 valence electrons. The number of benzene rings is 1. The van der Waals surface area contributed by atoms with Gasteiger partial charge in [-0.3, -0.25) is 0 Å². The minimum atomic E-state index is 0.596. The maximum Gasteiger partial charge on any atom is 0.0407 e. The Hall–Kier alpha value is -1.02. The van der Waals surface area contributed by atoms with Crippen molar-refractivity contribution in [1.82, 2.24) is 5.32 Å². The quantitative estimate of drug-likeness (QED) is 0.858. The largest absolute Gasteiger partial charge is 0.368 e. The molecule has 0 amide bonds. The van der Waals surface area contributed by atoms with Gasteiger partial charge >= 0.3 is 0 Å². The molecule has 1 aliphatic heterocycles. The molecule has 2 rings (SSSR count). The number of rotatable bonds is 4. The van der Waals surface area contributed by atoms with Crippen molar-refractivity contribution in [2.45, 2.75) is 39.2 Å². The summed E-state index contributed by atoms with van der Waals surface area (Å²) in [6.07, 6.45) is 1.12. The zero-order chi connectivity index (χ0) is 12.4. The third kappa shape index (κ3) is 2.47. The molecule has 1 atom stereocenters. The molecular weight excluding hydrogens is 208 g/mol. The van der Waals surface area contributed by atoms with Crippen molar-refractivity contribution in [1.29, 1.82) is 0 Å². The van der Waals surface area contributed by atoms with Gasteiger partial charge in [-0.15, -0.1) is 0 Å². The predicted molar refractivity (Wildman–Crippen MR) is 75.0 cm³/mol. The number of likely N-dealkylation sites (N-methyl/N-ethyl adjacent to an activating group) is 1. The van der Waals surface area contributed by atoms with E-state index in [-0.39, 0.29) is 0 Å². The van der Waals surface area contributed by atoms with Gasteiger partial charge in [-0.05, 0) is 51.1 Å². The van der Waals surface area contributed by atoms with E-state index in [2.05, 4.69) is 49.2 Å². The number of hydrogen-bond acceptors (Lipinski definition) is 2. The Morgan fingerprint density at radius 1 is 1.41 bits per heavy atom. The molecule has 0 aliphatic carbocycles. The molecule has 1 unspecified atom stereocenters. The molecule has 0 bridgehead atoms. The van der Waals surface area contributed by atoms with Crippen molar-refractivity contribution in [2.75, 3.05) is 25.0 Å². The number of hydrogen-bond donors (Lipinski definition) is 1. The smallest absolute Gasteiger partial charge is 0.0407 e. The summed E-state index contributed by atoms with van der Waals surface area (Å²) >= 11 is 0. The van der Waals surface area contributed by atoms with Gasteiger partial charge in [0.05, 0.1) is 0 Å². The summed E-state index contributed by atoms with van der Waals surface area (Å²) in [4.78, 5) is 2.53. The minimum absolute atomic E-state index is 0.596. The summed E-state index contributed by atoms with van der Waals surface area (Å²) in [6, 6.07) is 7.60. The van der Waals surface area contributed by atoms with Gasteiger partial charge in [0.2, 0.25) is 0 Å². The molecular formula is C15H24N2. The van der Waals surface area contributed by atoms with Gasteiger partial charge in [0, 0.05) is 24.2 Å². The SMILES string of the molecule is CNCCc1ccc2c(c1)N(C(C)C)CC2C. The van der Waals surface area contributed by atoms with Gasteiger partial charge in [0.1, 0.15) is 0 Å². The third-order valence-corrected chi connectivity index (χ3v) is 3.69. The van der Waals surface area contributed by atoms with Crippen molar-refractivity contribution in [3.8, 4) is 0 Å². The number of nitrogens with zero attached hydrogens (tertiary/aromatic N) is 1. The first kappa shape index (κ1) is 12.4. The van der Waals surface area contributed by atoms with E-state index in [0.29, 0.717) is 12.0 Å². The monoisotopic (exact) mass is 232 g/mol. The molecule has 0 fully saturated rings. The maximum atomic E-state index is 3.21. The highest BCUT2D eigenvalue weighted by Gasteiger charge is 2.26. The van der Waals surface area contributed by atoms with Crippen LogP contribution in [0.1, 0.15) is 37.8 Å². The molecule has 0 saturated heterocycles. The van der Waals surface area contributed by atoms with Gasteiger partial charge in [0.15, 0.2) is 0 Å². The lowest BCUT2D eigenvalue weighted by Gasteiger charge is -2.24. The molecule has 2 heteroatoms. The van der Waals surface area contributed by atoms with E-state index in [1.165, 1.54) is 23.4 Å². The number of fused-ring (bicyclic) bond motifs is 1. The summed E-state index contributed by atoms with van der Waals surface area (Å²) in [5, 5.41) is 3.21. The second kappa shape index (κ2) is 5.09. The summed E-state index contributed by atoms with van der Waals surface area (Å²) in [7, 11) is 2.01. The van der Waals surface area contributed by atoms with Crippen LogP contribution in [0, 0.1) is 0 Å². The number of anilines is 1. The predicted octanol–water partition coefficient (Wildman–Crippen LogP) is 2.78. The Morgan fingerprint density at radius 3 is 2.82 bits per heavy atom. The Balaban J connectivity index is 2.26. The second-order valence-corrected chi connectivity index (χ2v) is 5.39. The zero-order valence-electron chi connectivity index (χ0n) is 11.5. The van der Waals surface area contributed by atoms with Crippen LogP contribution in [0.5, 0.6) is 0 Å². The van der Waals surface area contributed by atoms with Gasteiger partial charge < -0.3 is 10.2 Å². The van der Waals surface area contributed by atoms with E-state index < -0.39 is 0 Å². The van der Waals surface area contributed by atoms with Crippen molar-refractivity contribution < 1.29 is 0 Å². The Morgan fingerprint density at radius 2 is 2.18 bits per heavy atom. The van der Waals surface area contributed by atoms with Gasteiger partial charge in [-0.25, -0.2) is 0 Å². The molecule has 0 spiro atoms. The molecule has 2 nitrogen and oxygen atoms in total. The summed E-state index contributed by atoms with van der Waals surface area (Å²) in [5.41, 5.74) is 4.42. The van der Waals surface area contributed by atoms with Crippen LogP contribution in [0.4, 0.5) is 5.69 Å². The third-order valence-electron chi connectivity index (χ3n) is 3.69. The molecule has 0 aromatic heterocycles. The van der Waals surface area contributed by atoms with Gasteiger partial charge in [0.25, 0.3) is 0 Å². The fourth-order valence-electron chi connectivity index (χ4n) is 2.66. The molecule has 1 N–H and O–H groups in total. The van der Waals surface area contributed by atoms with Crippen LogP contribution < -0.4 is 10.2 Å². The standard InChI is InChI=1S/C15H24N2/c1-11(2)17-10-12(3)14-6-5-13(7-8-16-4)9-15(14)17/h5-6,9,11-12,16H,7-8,10H2,1-4H3. The van der Waals surface area contributed by atoms with E-state index in [1.807, 2.05) is 7.05 Å². The number of nitrogens with one attached hydrogen (secondary N) is 1. The summed E-state index contributed by atoms with van der Waals surface area (Å²) < 4.78 is 0. The van der Waals surface area contributed by atoms with Crippen molar-refractivity contribution >= 4 is 5.69 Å². The van der Waals surface area contributed by atoms with Crippen LogP contribution in [0.3, 0.4) is 0 Å². The van der Waals surface area contributed by atoms with Crippen LogP contribution in [-0.4, -0.2) is 26.2 Å². The Labute approximate surface area is 105 Å². The van der Waals surface area contributed by atoms with E-state index in [1.54, 1.807) is 0 Å². The van der Waals surface area contributed by atoms with Crippen molar-refractivity contribution in [3.63, 3.8) is 0 Å². The lowest BCUT2D eigenvalue weighted by molar-refractivity contribution is 0.670. The lowest BCUT2D eigenvalue weighted by Crippen LogP contribution is -2.29. The molecule has 1 aromatic carbocycles. The highest BCUT2D eigenvalue weighted by Crippen LogP contribution is 2.37. The zero-order valence-corrected chi connectivity index (χ0v) is 11.5. The maximum absolute atomic E-state index is 3.21. The van der Waals surface area contributed by atoms with Gasteiger partial charge in [-0.2, -0.15) is 0 Å². The Kier molecular flexibility index (Phi) is 3.72. The molecule has 1 heterocycles. The van der Waals surface area contributed by atoms with Crippen LogP contribution in [-0.2, 0) is 6.42 Å². The first-order chi connectivity index (χ1) is 8.13. The molecule has 0 saturated carbocycles. The van der Waals surface area contributed by atoms with Crippen LogP contribution in [0.2, 0.25) is 0 Å². The van der Waals surface area contributed by atoms with Crippen molar-refractivity contribution in [2.24, 2.45) is 0 Å². The molecule has 17 heavy (non-hydrogen) atoms. The van der Waals surface area contributed by atoms with Crippen LogP contribution >= 0.6 is 0 Å². The van der Waals surface area contributed by atoms with Crippen LogP contribution in [0.15, 0.2) is 18.2 Å². The fraction of sp³-hybridized carbons (Fsp3) is 0.600. The van der Waals surface area contributed by atoms with E-state index in [0.717, 1.165) is 13.0 Å². The van der Waals surface area contributed by atoms with E-state index in [9.17, 15) is 0 Å². The van der Waals surface area contributed by atoms with E-state index in [4.69, 9.17) is 0 Å². The Bertz CT molecular complexity index is 385.